The minimum Gasteiger partial charge on any atom is -0.392 e. The second kappa shape index (κ2) is 5.43. The average Bonchev–Trinajstić information content (AvgIpc) is 2.77. The van der Waals surface area contributed by atoms with Gasteiger partial charge in [-0.1, -0.05) is 41.9 Å². The topological polar surface area (TPSA) is 59.2 Å². The molecule has 0 aliphatic carbocycles. The predicted molar refractivity (Wildman–Crippen MR) is 76.6 cm³/mol. The Balaban J connectivity index is 2.13. The third-order valence-electron chi connectivity index (χ3n) is 2.94. The largest absolute Gasteiger partial charge is 0.392 e. The molecule has 4 nitrogen and oxygen atoms in total. The van der Waals surface area contributed by atoms with E-state index in [4.69, 9.17) is 4.52 Å². The zero-order chi connectivity index (χ0) is 14.0. The second-order valence-corrected chi connectivity index (χ2v) is 6.52. The summed E-state index contributed by atoms with van der Waals surface area (Å²) in [6, 6.07) is 7.68. The predicted octanol–water partition coefficient (Wildman–Crippen LogP) is 3.45. The minimum atomic E-state index is -0.509. The summed E-state index contributed by atoms with van der Waals surface area (Å²) < 4.78 is 6.19. The van der Waals surface area contributed by atoms with Crippen molar-refractivity contribution in [1.29, 1.82) is 0 Å². The van der Waals surface area contributed by atoms with E-state index in [1.807, 2.05) is 45.0 Å². The number of benzene rings is 1. The van der Waals surface area contributed by atoms with Gasteiger partial charge in [-0.05, 0) is 29.7 Å². The molecule has 102 valence electrons. The summed E-state index contributed by atoms with van der Waals surface area (Å²) in [5.41, 5.74) is 0.690. The molecule has 0 saturated carbocycles. The van der Waals surface area contributed by atoms with Gasteiger partial charge < -0.3 is 9.63 Å². The van der Waals surface area contributed by atoms with Crippen LogP contribution in [0.2, 0.25) is 0 Å². The summed E-state index contributed by atoms with van der Waals surface area (Å²) in [7, 11) is 0. The molecule has 0 aliphatic rings. The maximum absolute atomic E-state index is 10.0. The van der Waals surface area contributed by atoms with Crippen LogP contribution in [0.15, 0.2) is 33.3 Å². The highest BCUT2D eigenvalue weighted by Crippen LogP contribution is 2.23. The SMILES string of the molecule is CC(C)(C)C(O)Cc1nc(-c2ccc(Br)cc2)no1. The van der Waals surface area contributed by atoms with Crippen LogP contribution in [-0.2, 0) is 6.42 Å². The minimum absolute atomic E-state index is 0.202. The number of hydrogen-bond donors (Lipinski definition) is 1. The lowest BCUT2D eigenvalue weighted by Crippen LogP contribution is -2.28. The van der Waals surface area contributed by atoms with Crippen LogP contribution in [0.1, 0.15) is 26.7 Å². The fourth-order valence-electron chi connectivity index (χ4n) is 1.53. The summed E-state index contributed by atoms with van der Waals surface area (Å²) in [4.78, 5) is 4.31. The monoisotopic (exact) mass is 324 g/mol. The molecule has 0 radical (unpaired) electrons. The van der Waals surface area contributed by atoms with E-state index >= 15 is 0 Å². The number of nitrogens with zero attached hydrogens (tertiary/aromatic N) is 2. The van der Waals surface area contributed by atoms with Gasteiger partial charge in [0.15, 0.2) is 0 Å². The molecule has 1 aromatic heterocycles. The van der Waals surface area contributed by atoms with Crippen LogP contribution in [0, 0.1) is 5.41 Å². The lowest BCUT2D eigenvalue weighted by molar-refractivity contribution is 0.0565. The van der Waals surface area contributed by atoms with E-state index in [2.05, 4.69) is 26.1 Å². The molecule has 0 saturated heterocycles. The van der Waals surface area contributed by atoms with Gasteiger partial charge in [-0.25, -0.2) is 0 Å². The van der Waals surface area contributed by atoms with Gasteiger partial charge in [0.1, 0.15) is 0 Å². The molecule has 1 aromatic carbocycles. The Kier molecular flexibility index (Phi) is 4.06. The molecule has 0 spiro atoms. The number of halogens is 1. The Morgan fingerprint density at radius 1 is 1.26 bits per heavy atom. The highest BCUT2D eigenvalue weighted by Gasteiger charge is 2.24. The third kappa shape index (κ3) is 3.64. The molecule has 0 amide bonds. The summed E-state index contributed by atoms with van der Waals surface area (Å²) in [6.45, 7) is 5.93. The molecular formula is C14H17BrN2O2. The molecule has 1 unspecified atom stereocenters. The summed E-state index contributed by atoms with van der Waals surface area (Å²) >= 11 is 3.38. The molecule has 2 aromatic rings. The van der Waals surface area contributed by atoms with Crippen molar-refractivity contribution < 1.29 is 9.63 Å². The summed E-state index contributed by atoms with van der Waals surface area (Å²) in [5.74, 6) is 1.00. The van der Waals surface area contributed by atoms with Crippen LogP contribution in [0.5, 0.6) is 0 Å². The van der Waals surface area contributed by atoms with Crippen LogP contribution in [0.3, 0.4) is 0 Å². The van der Waals surface area contributed by atoms with Gasteiger partial charge in [-0.2, -0.15) is 4.98 Å². The lowest BCUT2D eigenvalue weighted by Gasteiger charge is -2.24. The third-order valence-corrected chi connectivity index (χ3v) is 3.47. The number of aliphatic hydroxyl groups is 1. The first-order valence-electron chi connectivity index (χ1n) is 6.13. The first-order valence-corrected chi connectivity index (χ1v) is 6.92. The average molecular weight is 325 g/mol. The van der Waals surface area contributed by atoms with E-state index in [0.29, 0.717) is 18.1 Å². The Labute approximate surface area is 121 Å². The van der Waals surface area contributed by atoms with Crippen molar-refractivity contribution in [1.82, 2.24) is 10.1 Å². The van der Waals surface area contributed by atoms with Crippen molar-refractivity contribution in [3.63, 3.8) is 0 Å². The quantitative estimate of drug-likeness (QED) is 0.939. The molecule has 0 fully saturated rings. The van der Waals surface area contributed by atoms with Gasteiger partial charge in [0.2, 0.25) is 11.7 Å². The number of aromatic nitrogens is 2. The van der Waals surface area contributed by atoms with E-state index in [9.17, 15) is 5.11 Å². The fourth-order valence-corrected chi connectivity index (χ4v) is 1.79. The van der Waals surface area contributed by atoms with E-state index in [-0.39, 0.29) is 5.41 Å². The van der Waals surface area contributed by atoms with Crippen LogP contribution < -0.4 is 0 Å². The zero-order valence-corrected chi connectivity index (χ0v) is 12.8. The maximum atomic E-state index is 10.0. The van der Waals surface area contributed by atoms with Gasteiger partial charge in [-0.15, -0.1) is 0 Å². The van der Waals surface area contributed by atoms with E-state index in [1.165, 1.54) is 0 Å². The van der Waals surface area contributed by atoms with E-state index in [1.54, 1.807) is 0 Å². The molecule has 1 heterocycles. The zero-order valence-electron chi connectivity index (χ0n) is 11.2. The Hall–Kier alpha value is -1.20. The van der Waals surface area contributed by atoms with Gasteiger partial charge in [0.05, 0.1) is 12.5 Å². The van der Waals surface area contributed by atoms with Crippen molar-refractivity contribution in [3.8, 4) is 11.4 Å². The highest BCUT2D eigenvalue weighted by atomic mass is 79.9. The molecule has 1 N–H and O–H groups in total. The fraction of sp³-hybridized carbons (Fsp3) is 0.429. The van der Waals surface area contributed by atoms with Crippen molar-refractivity contribution >= 4 is 15.9 Å². The lowest BCUT2D eigenvalue weighted by atomic mass is 9.87. The van der Waals surface area contributed by atoms with Gasteiger partial charge in [-0.3, -0.25) is 0 Å². The highest BCUT2D eigenvalue weighted by molar-refractivity contribution is 9.10. The van der Waals surface area contributed by atoms with Crippen LogP contribution in [-0.4, -0.2) is 21.4 Å². The Morgan fingerprint density at radius 3 is 2.47 bits per heavy atom. The van der Waals surface area contributed by atoms with Crippen molar-refractivity contribution in [2.24, 2.45) is 5.41 Å². The number of aliphatic hydroxyl groups excluding tert-OH is 1. The number of rotatable bonds is 3. The van der Waals surface area contributed by atoms with Crippen molar-refractivity contribution in [2.75, 3.05) is 0 Å². The van der Waals surface area contributed by atoms with E-state index in [0.717, 1.165) is 10.0 Å². The summed E-state index contributed by atoms with van der Waals surface area (Å²) in [6.07, 6.45) is -0.141. The van der Waals surface area contributed by atoms with Gasteiger partial charge in [0.25, 0.3) is 0 Å². The Bertz CT molecular complexity index is 543. The van der Waals surface area contributed by atoms with Gasteiger partial charge in [0, 0.05) is 10.0 Å². The number of hydrogen-bond acceptors (Lipinski definition) is 4. The summed E-state index contributed by atoms with van der Waals surface area (Å²) in [5, 5.41) is 14.0. The van der Waals surface area contributed by atoms with Crippen molar-refractivity contribution in [2.45, 2.75) is 33.3 Å². The van der Waals surface area contributed by atoms with Crippen LogP contribution in [0.4, 0.5) is 0 Å². The van der Waals surface area contributed by atoms with Crippen LogP contribution >= 0.6 is 15.9 Å². The molecule has 0 bridgehead atoms. The Morgan fingerprint density at radius 2 is 1.89 bits per heavy atom. The van der Waals surface area contributed by atoms with E-state index < -0.39 is 6.10 Å². The smallest absolute Gasteiger partial charge is 0.229 e. The molecule has 2 rings (SSSR count). The molecule has 0 aliphatic heterocycles. The first-order chi connectivity index (χ1) is 8.86. The molecule has 1 atom stereocenters. The van der Waals surface area contributed by atoms with Crippen molar-refractivity contribution in [3.05, 3.63) is 34.6 Å². The standard InChI is InChI=1S/C14H17BrN2O2/c1-14(2,3)11(18)8-12-16-13(17-19-12)9-4-6-10(15)7-5-9/h4-7,11,18H,8H2,1-3H3. The molecule has 5 heteroatoms. The normalized spacial score (nSPS) is 13.5. The molecule has 19 heavy (non-hydrogen) atoms. The molecular weight excluding hydrogens is 308 g/mol. The maximum Gasteiger partial charge on any atom is 0.229 e. The first kappa shape index (κ1) is 14.2. The second-order valence-electron chi connectivity index (χ2n) is 5.60. The van der Waals surface area contributed by atoms with Gasteiger partial charge >= 0.3 is 0 Å². The van der Waals surface area contributed by atoms with Crippen LogP contribution in [0.25, 0.3) is 11.4 Å².